The minimum atomic E-state index is -0.973. The number of benzene rings is 1. The maximum atomic E-state index is 11.1. The summed E-state index contributed by atoms with van der Waals surface area (Å²) in [5.74, 6) is -0.659. The molecule has 0 aliphatic carbocycles. The topological polar surface area (TPSA) is 105 Å². The number of nitrogens with zero attached hydrogens (tertiary/aromatic N) is 1. The van der Waals surface area contributed by atoms with Gasteiger partial charge in [0.1, 0.15) is 5.82 Å². The lowest BCUT2D eigenvalue weighted by molar-refractivity contribution is -0.118. The van der Waals surface area contributed by atoms with E-state index in [2.05, 4.69) is 10.3 Å². The molecule has 6 nitrogen and oxygen atoms in total. The van der Waals surface area contributed by atoms with Crippen LogP contribution in [0, 0.1) is 0 Å². The zero-order valence-electron chi connectivity index (χ0n) is 10.8. The van der Waals surface area contributed by atoms with Crippen LogP contribution in [0.4, 0.5) is 5.82 Å². The number of carbonyl (C=O) groups is 2. The predicted octanol–water partition coefficient (Wildman–Crippen LogP) is 1.61. The molecule has 2 aromatic rings. The van der Waals surface area contributed by atoms with Crippen molar-refractivity contribution >= 4 is 28.6 Å². The molecule has 1 aromatic heterocycles. The molecular weight excluding hydrogens is 258 g/mol. The second-order valence-corrected chi connectivity index (χ2v) is 4.37. The maximum absolute atomic E-state index is 11.1. The van der Waals surface area contributed by atoms with Gasteiger partial charge in [-0.2, -0.15) is 0 Å². The van der Waals surface area contributed by atoms with Gasteiger partial charge in [-0.1, -0.05) is 6.07 Å². The Balaban J connectivity index is 2.14. The number of anilines is 1. The Hall–Kier alpha value is -2.63. The Morgan fingerprint density at radius 1 is 1.25 bits per heavy atom. The van der Waals surface area contributed by atoms with E-state index < -0.39 is 5.97 Å². The maximum Gasteiger partial charge on any atom is 0.336 e. The number of hydrogen-bond donors (Lipinski definition) is 3. The second-order valence-electron chi connectivity index (χ2n) is 4.37. The molecule has 0 radical (unpaired) electrons. The molecule has 0 saturated heterocycles. The van der Waals surface area contributed by atoms with Crippen molar-refractivity contribution in [3.8, 4) is 0 Å². The summed E-state index contributed by atoms with van der Waals surface area (Å²) in [6.45, 7) is 0.583. The van der Waals surface area contributed by atoms with Crippen LogP contribution in [0.15, 0.2) is 30.3 Å². The Morgan fingerprint density at radius 3 is 2.75 bits per heavy atom. The van der Waals surface area contributed by atoms with Gasteiger partial charge in [0.25, 0.3) is 0 Å². The number of rotatable bonds is 6. The average molecular weight is 273 g/mol. The van der Waals surface area contributed by atoms with Crippen molar-refractivity contribution in [1.29, 1.82) is 0 Å². The number of nitrogens with one attached hydrogen (secondary N) is 1. The highest BCUT2D eigenvalue weighted by molar-refractivity contribution is 6.02. The number of fused-ring (bicyclic) bond motifs is 1. The van der Waals surface area contributed by atoms with E-state index in [1.54, 1.807) is 30.3 Å². The fourth-order valence-electron chi connectivity index (χ4n) is 1.92. The lowest BCUT2D eigenvalue weighted by Crippen LogP contribution is -2.13. The zero-order chi connectivity index (χ0) is 14.5. The van der Waals surface area contributed by atoms with Gasteiger partial charge in [0.05, 0.1) is 11.1 Å². The Labute approximate surface area is 115 Å². The SMILES string of the molecule is NC(=O)CCCNc1ccc2c(C(=O)O)cccc2n1. The molecule has 2 rings (SSSR count). The molecule has 0 fully saturated rings. The van der Waals surface area contributed by atoms with Crippen molar-refractivity contribution < 1.29 is 14.7 Å². The summed E-state index contributed by atoms with van der Waals surface area (Å²) in [6, 6.07) is 8.42. The summed E-state index contributed by atoms with van der Waals surface area (Å²) in [7, 11) is 0. The quantitative estimate of drug-likeness (QED) is 0.693. The molecule has 0 saturated carbocycles. The highest BCUT2D eigenvalue weighted by Gasteiger charge is 2.08. The van der Waals surface area contributed by atoms with Crippen molar-refractivity contribution in [2.24, 2.45) is 5.73 Å². The molecule has 0 bridgehead atoms. The predicted molar refractivity (Wildman–Crippen MR) is 75.6 cm³/mol. The first-order valence-corrected chi connectivity index (χ1v) is 6.23. The van der Waals surface area contributed by atoms with Gasteiger partial charge in [-0.05, 0) is 30.7 Å². The number of primary amides is 1. The second kappa shape index (κ2) is 6.01. The van der Waals surface area contributed by atoms with E-state index in [-0.39, 0.29) is 11.5 Å². The fraction of sp³-hybridized carbons (Fsp3) is 0.214. The summed E-state index contributed by atoms with van der Waals surface area (Å²) >= 11 is 0. The van der Waals surface area contributed by atoms with Crippen LogP contribution in [0.3, 0.4) is 0 Å². The van der Waals surface area contributed by atoms with Crippen molar-refractivity contribution in [3.63, 3.8) is 0 Å². The van der Waals surface area contributed by atoms with Gasteiger partial charge in [0, 0.05) is 18.4 Å². The summed E-state index contributed by atoms with van der Waals surface area (Å²) in [5.41, 5.74) is 5.90. The van der Waals surface area contributed by atoms with Crippen LogP contribution >= 0.6 is 0 Å². The van der Waals surface area contributed by atoms with E-state index in [1.165, 1.54) is 0 Å². The van der Waals surface area contributed by atoms with Crippen molar-refractivity contribution in [1.82, 2.24) is 4.98 Å². The molecule has 104 valence electrons. The highest BCUT2D eigenvalue weighted by Crippen LogP contribution is 2.19. The molecule has 6 heteroatoms. The van der Waals surface area contributed by atoms with Crippen LogP contribution < -0.4 is 11.1 Å². The first-order chi connectivity index (χ1) is 9.58. The van der Waals surface area contributed by atoms with Crippen LogP contribution in [0.1, 0.15) is 23.2 Å². The van der Waals surface area contributed by atoms with Gasteiger partial charge in [-0.3, -0.25) is 4.79 Å². The molecular formula is C14H15N3O3. The zero-order valence-corrected chi connectivity index (χ0v) is 10.8. The number of carbonyl (C=O) groups excluding carboxylic acids is 1. The number of aromatic nitrogens is 1. The van der Waals surface area contributed by atoms with E-state index in [9.17, 15) is 9.59 Å². The monoisotopic (exact) mass is 273 g/mol. The van der Waals surface area contributed by atoms with E-state index in [0.29, 0.717) is 36.1 Å². The van der Waals surface area contributed by atoms with Crippen LogP contribution in [-0.2, 0) is 4.79 Å². The number of hydrogen-bond acceptors (Lipinski definition) is 4. The minimum Gasteiger partial charge on any atom is -0.478 e. The summed E-state index contributed by atoms with van der Waals surface area (Å²) in [5, 5.41) is 12.8. The molecule has 0 aliphatic heterocycles. The third-order valence-electron chi connectivity index (χ3n) is 2.87. The molecule has 0 atom stereocenters. The van der Waals surface area contributed by atoms with E-state index in [0.717, 1.165) is 0 Å². The van der Waals surface area contributed by atoms with Crippen LogP contribution in [0.2, 0.25) is 0 Å². The Bertz CT molecular complexity index is 655. The molecule has 4 N–H and O–H groups in total. The minimum absolute atomic E-state index is 0.232. The van der Waals surface area contributed by atoms with Crippen LogP contribution in [-0.4, -0.2) is 28.5 Å². The molecule has 0 unspecified atom stereocenters. The largest absolute Gasteiger partial charge is 0.478 e. The van der Waals surface area contributed by atoms with Gasteiger partial charge < -0.3 is 16.2 Å². The Morgan fingerprint density at radius 2 is 2.05 bits per heavy atom. The van der Waals surface area contributed by atoms with Gasteiger partial charge in [0.15, 0.2) is 0 Å². The third-order valence-corrected chi connectivity index (χ3v) is 2.87. The van der Waals surface area contributed by atoms with Gasteiger partial charge >= 0.3 is 5.97 Å². The molecule has 1 aromatic carbocycles. The summed E-state index contributed by atoms with van der Waals surface area (Å²) in [6.07, 6.45) is 0.952. The van der Waals surface area contributed by atoms with E-state index >= 15 is 0 Å². The standard InChI is InChI=1S/C14H15N3O3/c15-12(18)5-2-8-16-13-7-6-9-10(14(19)20)3-1-4-11(9)17-13/h1,3-4,6-7H,2,5,8H2,(H2,15,18)(H,16,17)(H,19,20). The Kier molecular flexibility index (Phi) is 4.14. The molecule has 1 amide bonds. The molecule has 20 heavy (non-hydrogen) atoms. The number of nitrogens with two attached hydrogens (primary N) is 1. The van der Waals surface area contributed by atoms with Gasteiger partial charge in [-0.15, -0.1) is 0 Å². The number of pyridine rings is 1. The van der Waals surface area contributed by atoms with Crippen molar-refractivity contribution in [2.45, 2.75) is 12.8 Å². The summed E-state index contributed by atoms with van der Waals surface area (Å²) < 4.78 is 0. The lowest BCUT2D eigenvalue weighted by Gasteiger charge is -2.07. The lowest BCUT2D eigenvalue weighted by atomic mass is 10.1. The number of aromatic carboxylic acids is 1. The first kappa shape index (κ1) is 13.8. The van der Waals surface area contributed by atoms with Gasteiger partial charge in [-0.25, -0.2) is 9.78 Å². The number of carboxylic acids is 1. The molecule has 1 heterocycles. The number of carboxylic acid groups (broad SMARTS) is 1. The number of amides is 1. The van der Waals surface area contributed by atoms with Gasteiger partial charge in [0.2, 0.25) is 5.91 Å². The fourth-order valence-corrected chi connectivity index (χ4v) is 1.92. The normalized spacial score (nSPS) is 10.4. The van der Waals surface area contributed by atoms with E-state index in [1.807, 2.05) is 0 Å². The summed E-state index contributed by atoms with van der Waals surface area (Å²) in [4.78, 5) is 26.0. The van der Waals surface area contributed by atoms with Crippen LogP contribution in [0.5, 0.6) is 0 Å². The highest BCUT2D eigenvalue weighted by atomic mass is 16.4. The smallest absolute Gasteiger partial charge is 0.336 e. The first-order valence-electron chi connectivity index (χ1n) is 6.23. The molecule has 0 spiro atoms. The third kappa shape index (κ3) is 3.23. The molecule has 0 aliphatic rings. The van der Waals surface area contributed by atoms with E-state index in [4.69, 9.17) is 10.8 Å². The van der Waals surface area contributed by atoms with Crippen molar-refractivity contribution in [3.05, 3.63) is 35.9 Å². The van der Waals surface area contributed by atoms with Crippen molar-refractivity contribution in [2.75, 3.05) is 11.9 Å². The van der Waals surface area contributed by atoms with Crippen LogP contribution in [0.25, 0.3) is 10.9 Å². The average Bonchev–Trinajstić information content (AvgIpc) is 2.42.